The van der Waals surface area contributed by atoms with E-state index < -0.39 is 57.7 Å². The van der Waals surface area contributed by atoms with Crippen molar-refractivity contribution < 1.29 is 27.1 Å². The van der Waals surface area contributed by atoms with Crippen LogP contribution in [0.25, 0.3) is 22.0 Å². The van der Waals surface area contributed by atoms with Crippen LogP contribution in [0.4, 0.5) is 22.0 Å². The number of rotatable bonds is 4. The monoisotopic (exact) mass is 400 g/mol. The average molecular weight is 400 g/mol. The summed E-state index contributed by atoms with van der Waals surface area (Å²) in [6.07, 6.45) is -5.18. The zero-order chi connectivity index (χ0) is 20.6. The van der Waals surface area contributed by atoms with Gasteiger partial charge in [0, 0.05) is 23.8 Å². The minimum atomic E-state index is -4.97. The second-order valence-electron chi connectivity index (χ2n) is 6.06. The van der Waals surface area contributed by atoms with Gasteiger partial charge in [0.15, 0.2) is 0 Å². The lowest BCUT2D eigenvalue weighted by molar-refractivity contribution is -0.137. The van der Waals surface area contributed by atoms with E-state index in [9.17, 15) is 31.5 Å². The molecule has 0 fully saturated rings. The highest BCUT2D eigenvalue weighted by atomic mass is 19.4. The molecule has 3 N–H and O–H groups in total. The maximum Gasteiger partial charge on any atom is 0.417 e. The number of hydrogen-bond acceptors (Lipinski definition) is 3. The number of aromatic nitrogens is 2. The highest BCUT2D eigenvalue weighted by molar-refractivity contribution is 5.90. The zero-order valence-corrected chi connectivity index (χ0v) is 14.1. The first-order chi connectivity index (χ1) is 13.1. The smallest absolute Gasteiger partial charge is 0.396 e. The van der Waals surface area contributed by atoms with Crippen LogP contribution in [-0.4, -0.2) is 21.7 Å². The molecule has 1 heterocycles. The molecule has 0 saturated carbocycles. The Labute approximate surface area is 153 Å². The number of halogens is 5. The molecule has 3 rings (SSSR count). The molecule has 0 unspecified atom stereocenters. The van der Waals surface area contributed by atoms with Crippen molar-refractivity contribution in [1.29, 1.82) is 0 Å². The van der Waals surface area contributed by atoms with E-state index in [1.807, 2.05) is 4.98 Å². The summed E-state index contributed by atoms with van der Waals surface area (Å²) in [4.78, 5) is 27.8. The van der Waals surface area contributed by atoms with Crippen LogP contribution >= 0.6 is 0 Å². The van der Waals surface area contributed by atoms with E-state index in [4.69, 9.17) is 5.11 Å². The van der Waals surface area contributed by atoms with Crippen molar-refractivity contribution in [3.63, 3.8) is 0 Å². The molecule has 0 aliphatic rings. The molecule has 28 heavy (non-hydrogen) atoms. The molecule has 0 spiro atoms. The maximum absolute atomic E-state index is 14.4. The molecule has 0 aliphatic heterocycles. The summed E-state index contributed by atoms with van der Waals surface area (Å²) in [5.41, 5.74) is -4.83. The number of nitrogens with one attached hydrogen (secondary N) is 2. The second-order valence-corrected chi connectivity index (χ2v) is 6.06. The van der Waals surface area contributed by atoms with E-state index in [2.05, 4.69) is 4.98 Å². The fraction of sp³-hybridized carbons (Fsp3) is 0.222. The Morgan fingerprint density at radius 1 is 1.04 bits per heavy atom. The fourth-order valence-corrected chi connectivity index (χ4v) is 3.11. The van der Waals surface area contributed by atoms with E-state index in [1.165, 1.54) is 0 Å². The number of benzene rings is 2. The Balaban J connectivity index is 2.54. The van der Waals surface area contributed by atoms with Crippen molar-refractivity contribution in [2.24, 2.45) is 0 Å². The Morgan fingerprint density at radius 3 is 2.36 bits per heavy atom. The predicted molar refractivity (Wildman–Crippen MR) is 91.0 cm³/mol. The first kappa shape index (κ1) is 19.7. The maximum atomic E-state index is 14.4. The van der Waals surface area contributed by atoms with Crippen LogP contribution < -0.4 is 11.2 Å². The highest BCUT2D eigenvalue weighted by Gasteiger charge is 2.37. The van der Waals surface area contributed by atoms with E-state index in [-0.39, 0.29) is 23.9 Å². The van der Waals surface area contributed by atoms with Gasteiger partial charge in [-0.05, 0) is 36.6 Å². The van der Waals surface area contributed by atoms with Gasteiger partial charge in [0.25, 0.3) is 5.56 Å². The minimum absolute atomic E-state index is 0.0128. The van der Waals surface area contributed by atoms with Crippen LogP contribution in [0.3, 0.4) is 0 Å². The SMILES string of the molecule is O=c1[nH]c(=O)c2cc(C(F)(F)F)c(-c3ccc(F)cc3F)c(CCCO)c2[nH]1. The Bertz CT molecular complexity index is 1160. The number of aromatic amines is 2. The Kier molecular flexibility index (Phi) is 5.07. The average Bonchev–Trinajstić information content (AvgIpc) is 2.58. The van der Waals surface area contributed by atoms with Crippen LogP contribution in [0.15, 0.2) is 33.9 Å². The third-order valence-electron chi connectivity index (χ3n) is 4.23. The van der Waals surface area contributed by atoms with Crippen molar-refractivity contribution >= 4 is 10.9 Å². The summed E-state index contributed by atoms with van der Waals surface area (Å²) in [5, 5.41) is 8.67. The molecule has 0 saturated heterocycles. The van der Waals surface area contributed by atoms with E-state index in [0.717, 1.165) is 12.1 Å². The van der Waals surface area contributed by atoms with E-state index >= 15 is 0 Å². The number of fused-ring (bicyclic) bond motifs is 1. The molecule has 148 valence electrons. The standard InChI is InChI=1S/C18H13F5N2O3/c19-8-3-4-9(13(20)6-8)14-10(2-1-5-26)15-11(7-12(14)18(21,22)23)16(27)25-17(28)24-15/h3-4,6-7,26H,1-2,5H2,(H2,24,25,27,28). The van der Waals surface area contributed by atoms with Crippen LogP contribution in [-0.2, 0) is 12.6 Å². The third-order valence-corrected chi connectivity index (χ3v) is 4.23. The molecule has 0 amide bonds. The van der Waals surface area contributed by atoms with Crippen molar-refractivity contribution in [1.82, 2.24) is 9.97 Å². The van der Waals surface area contributed by atoms with Gasteiger partial charge in [0.1, 0.15) is 11.6 Å². The number of hydrogen-bond donors (Lipinski definition) is 3. The molecule has 5 nitrogen and oxygen atoms in total. The largest absolute Gasteiger partial charge is 0.417 e. The summed E-state index contributed by atoms with van der Waals surface area (Å²) < 4.78 is 68.9. The number of H-pyrrole nitrogens is 2. The fourth-order valence-electron chi connectivity index (χ4n) is 3.11. The van der Waals surface area contributed by atoms with Crippen molar-refractivity contribution in [3.8, 4) is 11.1 Å². The van der Waals surface area contributed by atoms with Gasteiger partial charge in [-0.25, -0.2) is 13.6 Å². The summed E-state index contributed by atoms with van der Waals surface area (Å²) in [6.45, 7) is -0.392. The van der Waals surface area contributed by atoms with Gasteiger partial charge in [-0.2, -0.15) is 13.2 Å². The van der Waals surface area contributed by atoms with Gasteiger partial charge in [0.05, 0.1) is 16.5 Å². The highest BCUT2D eigenvalue weighted by Crippen LogP contribution is 2.42. The van der Waals surface area contributed by atoms with Gasteiger partial charge in [-0.3, -0.25) is 9.78 Å². The quantitative estimate of drug-likeness (QED) is 0.589. The van der Waals surface area contributed by atoms with E-state index in [1.54, 1.807) is 0 Å². The summed E-state index contributed by atoms with van der Waals surface area (Å²) >= 11 is 0. The summed E-state index contributed by atoms with van der Waals surface area (Å²) in [6, 6.07) is 2.62. The van der Waals surface area contributed by atoms with Crippen LogP contribution in [0.5, 0.6) is 0 Å². The Hall–Kier alpha value is -3.01. The van der Waals surface area contributed by atoms with Crippen LogP contribution in [0.2, 0.25) is 0 Å². The van der Waals surface area contributed by atoms with Gasteiger partial charge in [-0.1, -0.05) is 0 Å². The van der Waals surface area contributed by atoms with E-state index in [0.29, 0.717) is 12.1 Å². The lowest BCUT2D eigenvalue weighted by Gasteiger charge is -2.20. The van der Waals surface area contributed by atoms with Gasteiger partial charge >= 0.3 is 11.9 Å². The lowest BCUT2D eigenvalue weighted by atomic mass is 9.89. The number of alkyl halides is 3. The number of aliphatic hydroxyl groups is 1. The molecule has 10 heteroatoms. The number of aryl methyl sites for hydroxylation is 1. The Morgan fingerprint density at radius 2 is 1.75 bits per heavy atom. The van der Waals surface area contributed by atoms with Crippen molar-refractivity contribution in [2.75, 3.05) is 6.61 Å². The molecule has 1 aromatic heterocycles. The predicted octanol–water partition coefficient (Wildman–Crippen LogP) is 3.11. The molecule has 2 aromatic carbocycles. The molecule has 0 bridgehead atoms. The molecule has 0 radical (unpaired) electrons. The first-order valence-electron chi connectivity index (χ1n) is 8.09. The third kappa shape index (κ3) is 3.55. The zero-order valence-electron chi connectivity index (χ0n) is 14.1. The van der Waals surface area contributed by atoms with Crippen molar-refractivity contribution in [2.45, 2.75) is 19.0 Å². The molecule has 0 aliphatic carbocycles. The lowest BCUT2D eigenvalue weighted by Crippen LogP contribution is -2.24. The van der Waals surface area contributed by atoms with Gasteiger partial charge < -0.3 is 10.1 Å². The first-order valence-corrected chi connectivity index (χ1v) is 8.09. The molecule has 3 aromatic rings. The van der Waals surface area contributed by atoms with Gasteiger partial charge in [0.2, 0.25) is 0 Å². The van der Waals surface area contributed by atoms with Crippen LogP contribution in [0, 0.1) is 11.6 Å². The normalized spacial score (nSPS) is 11.9. The van der Waals surface area contributed by atoms with Crippen molar-refractivity contribution in [3.05, 3.63) is 67.9 Å². The minimum Gasteiger partial charge on any atom is -0.396 e. The molecule has 0 atom stereocenters. The molecular formula is C18H13F5N2O3. The van der Waals surface area contributed by atoms with Gasteiger partial charge in [-0.15, -0.1) is 0 Å². The summed E-state index contributed by atoms with van der Waals surface area (Å²) in [7, 11) is 0. The topological polar surface area (TPSA) is 85.9 Å². The molecular weight excluding hydrogens is 387 g/mol. The van der Waals surface area contributed by atoms with Crippen LogP contribution in [0.1, 0.15) is 17.5 Å². The second kappa shape index (κ2) is 7.19. The summed E-state index contributed by atoms with van der Waals surface area (Å²) in [5.74, 6) is -2.21. The number of aliphatic hydroxyl groups excluding tert-OH is 1.